The summed E-state index contributed by atoms with van der Waals surface area (Å²) in [5, 5.41) is 12.2. The molecule has 110 valence electrons. The number of hydrogen-bond acceptors (Lipinski definition) is 3. The van der Waals surface area contributed by atoms with E-state index in [1.807, 2.05) is 6.92 Å². The summed E-state index contributed by atoms with van der Waals surface area (Å²) in [6.07, 6.45) is 0.366. The van der Waals surface area contributed by atoms with E-state index in [2.05, 4.69) is 5.32 Å². The third-order valence-corrected chi connectivity index (χ3v) is 4.01. The fourth-order valence-electron chi connectivity index (χ4n) is 1.51. The summed E-state index contributed by atoms with van der Waals surface area (Å²) in [6.45, 7) is 1.99. The molecule has 2 N–H and O–H groups in total. The normalized spacial score (nSPS) is 11.9. The Hall–Kier alpha value is -0.910. The smallest absolute Gasteiger partial charge is 0.326 e. The van der Waals surface area contributed by atoms with Gasteiger partial charge in [0.15, 0.2) is 0 Å². The molecule has 1 unspecified atom stereocenters. The van der Waals surface area contributed by atoms with E-state index in [1.165, 1.54) is 18.2 Å². The van der Waals surface area contributed by atoms with Crippen molar-refractivity contribution in [3.05, 3.63) is 33.8 Å². The van der Waals surface area contributed by atoms with Gasteiger partial charge in [-0.25, -0.2) is 4.79 Å². The van der Waals surface area contributed by atoms with Gasteiger partial charge in [-0.1, -0.05) is 30.1 Å². The van der Waals surface area contributed by atoms with Gasteiger partial charge < -0.3 is 10.4 Å². The maximum Gasteiger partial charge on any atom is 0.326 e. The summed E-state index contributed by atoms with van der Waals surface area (Å²) in [5.74, 6) is 0.00600. The molecule has 1 amide bonds. The number of amides is 1. The topological polar surface area (TPSA) is 66.4 Å². The second kappa shape index (κ2) is 8.39. The average molecular weight is 336 g/mol. The standard InChI is InChI=1S/C13H15Cl2NO3S/c1-2-20-6-5-11(13(18)19)16-12(17)9-4-3-8(14)7-10(9)15/h3-4,7,11H,2,5-6H2,1H3,(H,16,17)(H,18,19). The zero-order valence-corrected chi connectivity index (χ0v) is 13.2. The highest BCUT2D eigenvalue weighted by Crippen LogP contribution is 2.21. The molecule has 1 aromatic rings. The van der Waals surface area contributed by atoms with E-state index in [-0.39, 0.29) is 10.6 Å². The van der Waals surface area contributed by atoms with E-state index < -0.39 is 17.9 Å². The quantitative estimate of drug-likeness (QED) is 0.750. The lowest BCUT2D eigenvalue weighted by atomic mass is 10.1. The number of aliphatic carboxylic acids is 1. The van der Waals surface area contributed by atoms with Crippen molar-refractivity contribution in [3.63, 3.8) is 0 Å². The molecule has 20 heavy (non-hydrogen) atoms. The lowest BCUT2D eigenvalue weighted by Gasteiger charge is -2.14. The van der Waals surface area contributed by atoms with Gasteiger partial charge in [0.1, 0.15) is 6.04 Å². The number of carboxylic acids is 1. The van der Waals surface area contributed by atoms with Crippen LogP contribution in [-0.4, -0.2) is 34.5 Å². The first-order valence-electron chi connectivity index (χ1n) is 6.02. The molecule has 0 radical (unpaired) electrons. The Morgan fingerprint density at radius 2 is 2.10 bits per heavy atom. The molecule has 0 heterocycles. The minimum absolute atomic E-state index is 0.196. The van der Waals surface area contributed by atoms with Crippen LogP contribution in [0.3, 0.4) is 0 Å². The van der Waals surface area contributed by atoms with Crippen LogP contribution in [0.15, 0.2) is 18.2 Å². The number of benzene rings is 1. The lowest BCUT2D eigenvalue weighted by Crippen LogP contribution is -2.41. The van der Waals surface area contributed by atoms with Gasteiger partial charge in [0.2, 0.25) is 0 Å². The van der Waals surface area contributed by atoms with Crippen LogP contribution in [0.2, 0.25) is 10.0 Å². The van der Waals surface area contributed by atoms with Gasteiger partial charge in [0.25, 0.3) is 5.91 Å². The molecular formula is C13H15Cl2NO3S. The Balaban J connectivity index is 2.72. The Morgan fingerprint density at radius 3 is 2.65 bits per heavy atom. The Morgan fingerprint density at radius 1 is 1.40 bits per heavy atom. The zero-order valence-electron chi connectivity index (χ0n) is 10.9. The molecule has 1 aromatic carbocycles. The van der Waals surface area contributed by atoms with E-state index in [0.717, 1.165) is 5.75 Å². The first-order chi connectivity index (χ1) is 9.45. The molecule has 0 aliphatic heterocycles. The van der Waals surface area contributed by atoms with Gasteiger partial charge in [0.05, 0.1) is 10.6 Å². The first-order valence-corrected chi connectivity index (χ1v) is 7.93. The van der Waals surface area contributed by atoms with Crippen LogP contribution in [0.1, 0.15) is 23.7 Å². The predicted molar refractivity (Wildman–Crippen MR) is 83.0 cm³/mol. The van der Waals surface area contributed by atoms with Crippen LogP contribution in [-0.2, 0) is 4.79 Å². The number of carbonyl (C=O) groups excluding carboxylic acids is 1. The van der Waals surface area contributed by atoms with Gasteiger partial charge in [-0.15, -0.1) is 0 Å². The third kappa shape index (κ3) is 5.23. The van der Waals surface area contributed by atoms with E-state index in [0.29, 0.717) is 17.2 Å². The second-order valence-corrected chi connectivity index (χ2v) is 6.21. The summed E-state index contributed by atoms with van der Waals surface area (Å²) in [5.41, 5.74) is 0.213. The maximum atomic E-state index is 12.0. The number of halogens is 2. The van der Waals surface area contributed by atoms with E-state index in [4.69, 9.17) is 28.3 Å². The van der Waals surface area contributed by atoms with Gasteiger partial charge in [-0.2, -0.15) is 11.8 Å². The van der Waals surface area contributed by atoms with Crippen molar-refractivity contribution in [1.29, 1.82) is 0 Å². The number of hydrogen-bond donors (Lipinski definition) is 2. The van der Waals surface area contributed by atoms with Crippen molar-refractivity contribution >= 4 is 46.8 Å². The highest BCUT2D eigenvalue weighted by atomic mass is 35.5. The predicted octanol–water partition coefficient (Wildman–Crippen LogP) is 3.32. The third-order valence-electron chi connectivity index (χ3n) is 2.53. The molecule has 0 saturated heterocycles. The van der Waals surface area contributed by atoms with Gasteiger partial charge >= 0.3 is 5.97 Å². The molecular weight excluding hydrogens is 321 g/mol. The Bertz CT molecular complexity index is 497. The van der Waals surface area contributed by atoms with Crippen LogP contribution >= 0.6 is 35.0 Å². The van der Waals surface area contributed by atoms with Crippen LogP contribution in [0.25, 0.3) is 0 Å². The number of carbonyl (C=O) groups is 2. The van der Waals surface area contributed by atoms with E-state index in [1.54, 1.807) is 11.8 Å². The SMILES string of the molecule is CCSCCC(NC(=O)c1ccc(Cl)cc1Cl)C(=O)O. The van der Waals surface area contributed by atoms with Crippen LogP contribution in [0.5, 0.6) is 0 Å². The molecule has 4 nitrogen and oxygen atoms in total. The molecule has 1 rings (SSSR count). The molecule has 0 aliphatic rings. The van der Waals surface area contributed by atoms with Crippen molar-refractivity contribution in [2.75, 3.05) is 11.5 Å². The van der Waals surface area contributed by atoms with Crippen molar-refractivity contribution in [3.8, 4) is 0 Å². The van der Waals surface area contributed by atoms with Crippen molar-refractivity contribution < 1.29 is 14.7 Å². The molecule has 0 saturated carbocycles. The average Bonchev–Trinajstić information content (AvgIpc) is 2.37. The summed E-state index contributed by atoms with van der Waals surface area (Å²) >= 11 is 13.3. The largest absolute Gasteiger partial charge is 0.480 e. The minimum Gasteiger partial charge on any atom is -0.480 e. The minimum atomic E-state index is -1.06. The van der Waals surface area contributed by atoms with E-state index >= 15 is 0 Å². The van der Waals surface area contributed by atoms with Gasteiger partial charge in [0, 0.05) is 5.02 Å². The maximum absolute atomic E-state index is 12.0. The number of thioether (sulfide) groups is 1. The first kappa shape index (κ1) is 17.1. The summed E-state index contributed by atoms with van der Waals surface area (Å²) in [7, 11) is 0. The van der Waals surface area contributed by atoms with Crippen molar-refractivity contribution in [2.45, 2.75) is 19.4 Å². The fraction of sp³-hybridized carbons (Fsp3) is 0.385. The van der Waals surface area contributed by atoms with Crippen LogP contribution < -0.4 is 5.32 Å². The Labute approximate surface area is 131 Å². The summed E-state index contributed by atoms with van der Waals surface area (Å²) < 4.78 is 0. The molecule has 0 aliphatic carbocycles. The molecule has 0 fully saturated rings. The highest BCUT2D eigenvalue weighted by Gasteiger charge is 2.21. The van der Waals surface area contributed by atoms with Gasteiger partial charge in [-0.05, 0) is 36.1 Å². The fourth-order valence-corrected chi connectivity index (χ4v) is 2.70. The highest BCUT2D eigenvalue weighted by molar-refractivity contribution is 7.99. The molecule has 0 spiro atoms. The van der Waals surface area contributed by atoms with Crippen LogP contribution in [0, 0.1) is 0 Å². The molecule has 0 bridgehead atoms. The number of nitrogens with one attached hydrogen (secondary N) is 1. The van der Waals surface area contributed by atoms with E-state index in [9.17, 15) is 9.59 Å². The van der Waals surface area contributed by atoms with Crippen molar-refractivity contribution in [1.82, 2.24) is 5.32 Å². The second-order valence-electron chi connectivity index (χ2n) is 3.97. The Kier molecular flexibility index (Phi) is 7.19. The summed E-state index contributed by atoms with van der Waals surface area (Å²) in [4.78, 5) is 23.1. The van der Waals surface area contributed by atoms with Crippen molar-refractivity contribution in [2.24, 2.45) is 0 Å². The molecule has 7 heteroatoms. The zero-order chi connectivity index (χ0) is 15.1. The number of rotatable bonds is 7. The lowest BCUT2D eigenvalue weighted by molar-refractivity contribution is -0.139. The molecule has 1 atom stereocenters. The number of carboxylic acid groups (broad SMARTS) is 1. The monoisotopic (exact) mass is 335 g/mol. The molecule has 0 aromatic heterocycles. The van der Waals surface area contributed by atoms with Gasteiger partial charge in [-0.3, -0.25) is 4.79 Å². The van der Waals surface area contributed by atoms with Crippen LogP contribution in [0.4, 0.5) is 0 Å². The summed E-state index contributed by atoms with van der Waals surface area (Å²) in [6, 6.07) is 3.53.